The number of hydrogen-bond donors (Lipinski definition) is 1. The maximum atomic E-state index is 17.5. The molecular weight excluding hydrogens is 524 g/mol. The number of ether oxygens (including phenoxy) is 1. The highest BCUT2D eigenvalue weighted by Gasteiger charge is 2.78. The minimum atomic E-state index is -2.28. The molecule has 9 atom stereocenters. The average Bonchev–Trinajstić information content (AvgIpc) is 3.12. The number of nitrogens with zero attached hydrogens (tertiary/aromatic N) is 1. The van der Waals surface area contributed by atoms with Crippen LogP contribution in [0.3, 0.4) is 0 Å². The first-order valence-corrected chi connectivity index (χ1v) is 15.1. The molecule has 0 heterocycles. The zero-order valence-corrected chi connectivity index (χ0v) is 23.6. The Balaban J connectivity index is 1.60. The van der Waals surface area contributed by atoms with E-state index in [9.17, 15) is 24.8 Å². The van der Waals surface area contributed by atoms with E-state index in [1.54, 1.807) is 13.8 Å². The molecule has 0 amide bonds. The van der Waals surface area contributed by atoms with Crippen LogP contribution in [-0.2, 0) is 19.1 Å². The van der Waals surface area contributed by atoms with Crippen molar-refractivity contribution >= 4 is 28.6 Å². The van der Waals surface area contributed by atoms with Crippen molar-refractivity contribution in [1.29, 1.82) is 5.26 Å². The second-order valence-corrected chi connectivity index (χ2v) is 13.7. The van der Waals surface area contributed by atoms with Crippen molar-refractivity contribution in [2.45, 2.75) is 95.7 Å². The lowest BCUT2D eigenvalue weighted by molar-refractivity contribution is -0.230. The van der Waals surface area contributed by atoms with E-state index in [0.29, 0.717) is 19.3 Å². The van der Waals surface area contributed by atoms with Gasteiger partial charge in [0.2, 0.25) is 5.12 Å². The summed E-state index contributed by atoms with van der Waals surface area (Å²) >= 11 is 0.783. The first-order valence-electron chi connectivity index (χ1n) is 14.1. The number of carbonyl (C=O) groups is 3. The van der Waals surface area contributed by atoms with Crippen LogP contribution >= 0.6 is 11.8 Å². The number of nitriles is 1. The third-order valence-electron chi connectivity index (χ3n) is 10.9. The van der Waals surface area contributed by atoms with E-state index >= 15 is 8.78 Å². The number of alkyl halides is 2. The topological polar surface area (TPSA) is 104 Å². The number of aliphatic hydroxyl groups excluding tert-OH is 1. The summed E-state index contributed by atoms with van der Waals surface area (Å²) in [5.74, 6) is -3.42. The lowest BCUT2D eigenvalue weighted by atomic mass is 9.44. The lowest BCUT2D eigenvalue weighted by Gasteiger charge is -2.63. The van der Waals surface area contributed by atoms with E-state index in [4.69, 9.17) is 4.74 Å². The lowest BCUT2D eigenvalue weighted by Crippen LogP contribution is -2.70. The van der Waals surface area contributed by atoms with Crippen LogP contribution in [0, 0.1) is 45.8 Å². The first kappa shape index (κ1) is 28.5. The van der Waals surface area contributed by atoms with Crippen molar-refractivity contribution in [2.75, 3.05) is 5.75 Å². The SMILES string of the molecule is C[C@@H]1C[C@H]2[C@@H]3C[C@H](F)C4=CC(=O)C=C[C@]4(C)C3(F)[C@@H](O)C[C@]2(C)[C@@]1(OC(=O)C1CCCCC1)C(=O)SCC#N. The number of thioether (sulfide) groups is 1. The predicted octanol–water partition coefficient (Wildman–Crippen LogP) is 5.20. The van der Waals surface area contributed by atoms with Crippen molar-refractivity contribution in [3.63, 3.8) is 0 Å². The second kappa shape index (κ2) is 9.80. The van der Waals surface area contributed by atoms with Gasteiger partial charge in [-0.1, -0.05) is 50.9 Å². The molecule has 0 aromatic carbocycles. The highest BCUT2D eigenvalue weighted by atomic mass is 32.2. The molecule has 212 valence electrons. The third-order valence-corrected chi connectivity index (χ3v) is 11.8. The molecule has 39 heavy (non-hydrogen) atoms. The van der Waals surface area contributed by atoms with Crippen molar-refractivity contribution in [3.8, 4) is 6.07 Å². The molecule has 4 saturated carbocycles. The molecule has 9 heteroatoms. The van der Waals surface area contributed by atoms with Crippen LogP contribution in [0.5, 0.6) is 0 Å². The maximum absolute atomic E-state index is 17.5. The average molecular weight is 562 g/mol. The van der Waals surface area contributed by atoms with Gasteiger partial charge in [-0.25, -0.2) is 8.78 Å². The molecule has 0 saturated heterocycles. The summed E-state index contributed by atoms with van der Waals surface area (Å²) < 4.78 is 39.6. The minimum absolute atomic E-state index is 0.0399. The van der Waals surface area contributed by atoms with Crippen LogP contribution in [0.4, 0.5) is 8.78 Å². The fourth-order valence-corrected chi connectivity index (χ4v) is 9.89. The van der Waals surface area contributed by atoms with E-state index in [0.717, 1.165) is 37.1 Å². The van der Waals surface area contributed by atoms with Crippen LogP contribution in [0.15, 0.2) is 23.8 Å². The first-order chi connectivity index (χ1) is 18.4. The Morgan fingerprint density at radius 1 is 1.21 bits per heavy atom. The summed E-state index contributed by atoms with van der Waals surface area (Å²) in [6.07, 6.45) is 4.64. The summed E-state index contributed by atoms with van der Waals surface area (Å²) in [5, 5.41) is 20.4. The molecule has 5 aliphatic carbocycles. The summed E-state index contributed by atoms with van der Waals surface area (Å²) in [6, 6.07) is 1.96. The molecule has 1 unspecified atom stereocenters. The third kappa shape index (κ3) is 3.83. The molecular formula is C30H37F2NO5S. The van der Waals surface area contributed by atoms with Gasteiger partial charge in [0.1, 0.15) is 6.17 Å². The predicted molar refractivity (Wildman–Crippen MR) is 142 cm³/mol. The molecule has 0 radical (unpaired) electrons. The second-order valence-electron chi connectivity index (χ2n) is 12.7. The molecule has 0 bridgehead atoms. The van der Waals surface area contributed by atoms with E-state index < -0.39 is 69.0 Å². The fraction of sp³-hybridized carbons (Fsp3) is 0.733. The van der Waals surface area contributed by atoms with Gasteiger partial charge in [-0.05, 0) is 62.7 Å². The summed E-state index contributed by atoms with van der Waals surface area (Å²) in [5.41, 5.74) is -6.64. The zero-order valence-electron chi connectivity index (χ0n) is 22.8. The number of aliphatic hydroxyl groups is 1. The number of rotatable bonds is 4. The highest BCUT2D eigenvalue weighted by Crippen LogP contribution is 2.72. The van der Waals surface area contributed by atoms with Crippen molar-refractivity contribution in [2.24, 2.45) is 34.5 Å². The van der Waals surface area contributed by atoms with Gasteiger partial charge < -0.3 is 9.84 Å². The van der Waals surface area contributed by atoms with E-state index in [-0.39, 0.29) is 30.1 Å². The van der Waals surface area contributed by atoms with Gasteiger partial charge >= 0.3 is 5.97 Å². The van der Waals surface area contributed by atoms with Gasteiger partial charge in [0.05, 0.1) is 23.8 Å². The zero-order chi connectivity index (χ0) is 28.4. The molecule has 0 spiro atoms. The summed E-state index contributed by atoms with van der Waals surface area (Å²) in [7, 11) is 0. The molecule has 5 aliphatic rings. The molecule has 1 N–H and O–H groups in total. The Labute approximate surface area is 232 Å². The quantitative estimate of drug-likeness (QED) is 0.471. The van der Waals surface area contributed by atoms with E-state index in [2.05, 4.69) is 0 Å². The summed E-state index contributed by atoms with van der Waals surface area (Å²) in [4.78, 5) is 39.6. The Hall–Kier alpha value is -2.05. The van der Waals surface area contributed by atoms with E-state index in [1.807, 2.05) is 6.07 Å². The fourth-order valence-electron chi connectivity index (χ4n) is 9.00. The molecule has 5 rings (SSSR count). The molecule has 6 nitrogen and oxygen atoms in total. The number of halogens is 2. The normalized spacial score (nSPS) is 45.4. The highest BCUT2D eigenvalue weighted by molar-refractivity contribution is 8.14. The Kier molecular flexibility index (Phi) is 7.15. The monoisotopic (exact) mass is 561 g/mol. The van der Waals surface area contributed by atoms with Gasteiger partial charge in [-0.2, -0.15) is 5.26 Å². The van der Waals surface area contributed by atoms with Crippen LogP contribution in [0.2, 0.25) is 0 Å². The van der Waals surface area contributed by atoms with Crippen LogP contribution in [0.1, 0.15) is 72.1 Å². The number of ketones is 1. The largest absolute Gasteiger partial charge is 0.449 e. The van der Waals surface area contributed by atoms with Crippen LogP contribution in [0.25, 0.3) is 0 Å². The van der Waals surface area contributed by atoms with Crippen molar-refractivity contribution in [1.82, 2.24) is 0 Å². The van der Waals surface area contributed by atoms with Gasteiger partial charge in [0, 0.05) is 22.7 Å². The van der Waals surface area contributed by atoms with Crippen LogP contribution < -0.4 is 0 Å². The van der Waals surface area contributed by atoms with E-state index in [1.165, 1.54) is 19.1 Å². The molecule has 4 fully saturated rings. The molecule has 0 aliphatic heterocycles. The number of fused-ring (bicyclic) bond motifs is 5. The Bertz CT molecular complexity index is 1180. The molecule has 0 aromatic heterocycles. The van der Waals surface area contributed by atoms with Gasteiger partial charge in [0.25, 0.3) is 0 Å². The standard InChI is InChI=1S/C30H37F2NO5S/c1-17-13-20-21-15-23(31)22-14-19(34)9-10-27(22,2)29(21,32)24(35)16-28(20,3)30(17,26(37)39-12-11-33)38-25(36)18-7-5-4-6-8-18/h9-10,14,17-18,20-21,23-24,35H,4-8,12-13,15-16H2,1-3H3/t17-,20+,21+,23+,24+,27+,28+,29?,30+/m1/s1. The smallest absolute Gasteiger partial charge is 0.309 e. The number of esters is 1. The number of hydrogen-bond acceptors (Lipinski definition) is 7. The Morgan fingerprint density at radius 3 is 2.56 bits per heavy atom. The van der Waals surface area contributed by atoms with Gasteiger partial charge in [-0.15, -0.1) is 0 Å². The Morgan fingerprint density at radius 2 is 1.90 bits per heavy atom. The minimum Gasteiger partial charge on any atom is -0.449 e. The number of carbonyl (C=O) groups excluding carboxylic acids is 3. The van der Waals surface area contributed by atoms with Crippen molar-refractivity contribution < 1.29 is 33.0 Å². The van der Waals surface area contributed by atoms with Gasteiger partial charge in [-0.3, -0.25) is 14.4 Å². The molecule has 0 aromatic rings. The van der Waals surface area contributed by atoms with Crippen molar-refractivity contribution in [3.05, 3.63) is 23.8 Å². The van der Waals surface area contributed by atoms with Crippen LogP contribution in [-0.4, -0.2) is 51.3 Å². The van der Waals surface area contributed by atoms with Gasteiger partial charge in [0.15, 0.2) is 17.1 Å². The number of allylic oxidation sites excluding steroid dienone is 4. The maximum Gasteiger partial charge on any atom is 0.309 e. The summed E-state index contributed by atoms with van der Waals surface area (Å²) in [6.45, 7) is 5.11.